The Morgan fingerprint density at radius 3 is 2.40 bits per heavy atom. The lowest BCUT2D eigenvalue weighted by atomic mass is 9.97. The third kappa shape index (κ3) is 3.84. The minimum Gasteiger partial charge on any atom is -0.330 e. The van der Waals surface area contributed by atoms with Gasteiger partial charge in [0.1, 0.15) is 0 Å². The van der Waals surface area contributed by atoms with Crippen LogP contribution in [-0.4, -0.2) is 37.3 Å². The smallest absolute Gasteiger partial charge is 0.330 e. The molecule has 0 radical (unpaired) electrons. The highest BCUT2D eigenvalue weighted by Gasteiger charge is 2.34. The Morgan fingerprint density at radius 2 is 1.90 bits per heavy atom. The predicted molar refractivity (Wildman–Crippen MR) is 73.4 cm³/mol. The fourth-order valence-corrected chi connectivity index (χ4v) is 2.49. The normalized spacial score (nSPS) is 18.7. The molecule has 0 saturated carbocycles. The van der Waals surface area contributed by atoms with Gasteiger partial charge >= 0.3 is 6.18 Å². The zero-order chi connectivity index (χ0) is 14.6. The van der Waals surface area contributed by atoms with Crippen molar-refractivity contribution in [2.24, 2.45) is 5.73 Å². The summed E-state index contributed by atoms with van der Waals surface area (Å²) in [5, 5.41) is 0. The van der Waals surface area contributed by atoms with Crippen molar-refractivity contribution < 1.29 is 13.2 Å². The molecule has 0 aliphatic carbocycles. The van der Waals surface area contributed by atoms with E-state index in [0.717, 1.165) is 5.56 Å². The Morgan fingerprint density at radius 1 is 1.20 bits per heavy atom. The highest BCUT2D eigenvalue weighted by molar-refractivity contribution is 5.21. The third-order valence-electron chi connectivity index (χ3n) is 3.69. The number of hydrogen-bond acceptors (Lipinski definition) is 2. The molecule has 5 heteroatoms. The maximum atomic E-state index is 12.6. The predicted octanol–water partition coefficient (Wildman–Crippen LogP) is 2.92. The van der Waals surface area contributed by atoms with E-state index in [1.54, 1.807) is 0 Å². The Bertz CT molecular complexity index is 454. The van der Waals surface area contributed by atoms with Gasteiger partial charge in [0.25, 0.3) is 0 Å². The summed E-state index contributed by atoms with van der Waals surface area (Å²) in [7, 11) is 0. The van der Waals surface area contributed by atoms with E-state index >= 15 is 0 Å². The molecule has 1 atom stereocenters. The molecule has 2 rings (SSSR count). The van der Waals surface area contributed by atoms with Gasteiger partial charge in [-0.25, -0.2) is 0 Å². The van der Waals surface area contributed by atoms with Crippen LogP contribution in [0.4, 0.5) is 13.2 Å². The second-order valence-electron chi connectivity index (χ2n) is 5.08. The summed E-state index contributed by atoms with van der Waals surface area (Å²) < 4.78 is 37.7. The van der Waals surface area contributed by atoms with Gasteiger partial charge in [0.15, 0.2) is 0 Å². The van der Waals surface area contributed by atoms with E-state index < -0.39 is 11.7 Å². The molecule has 110 valence electrons. The van der Waals surface area contributed by atoms with Crippen molar-refractivity contribution in [3.63, 3.8) is 0 Å². The first kappa shape index (κ1) is 15.1. The lowest BCUT2D eigenvalue weighted by Crippen LogP contribution is -2.36. The average Bonchev–Trinajstić information content (AvgIpc) is 2.45. The van der Waals surface area contributed by atoms with Crippen LogP contribution in [-0.2, 0) is 0 Å². The Balaban J connectivity index is 1.96. The van der Waals surface area contributed by atoms with Crippen LogP contribution in [0.3, 0.4) is 0 Å². The number of halogens is 3. The van der Waals surface area contributed by atoms with Gasteiger partial charge in [0, 0.05) is 37.7 Å². The van der Waals surface area contributed by atoms with Crippen LogP contribution < -0.4 is 5.73 Å². The van der Waals surface area contributed by atoms with Crippen LogP contribution in [0.15, 0.2) is 42.0 Å². The molecule has 0 saturated heterocycles. The van der Waals surface area contributed by atoms with E-state index in [9.17, 15) is 13.2 Å². The summed E-state index contributed by atoms with van der Waals surface area (Å²) in [5.74, 6) is 0.164. The molecule has 0 spiro atoms. The van der Waals surface area contributed by atoms with Crippen molar-refractivity contribution >= 4 is 0 Å². The van der Waals surface area contributed by atoms with Gasteiger partial charge in [0.05, 0.1) is 0 Å². The van der Waals surface area contributed by atoms with Gasteiger partial charge in [-0.1, -0.05) is 36.4 Å². The summed E-state index contributed by atoms with van der Waals surface area (Å²) in [6, 6.07) is 9.87. The lowest BCUT2D eigenvalue weighted by Gasteiger charge is -2.30. The second kappa shape index (κ2) is 6.41. The van der Waals surface area contributed by atoms with Crippen LogP contribution in [0.1, 0.15) is 17.9 Å². The number of nitrogens with zero attached hydrogens (tertiary/aromatic N) is 1. The summed E-state index contributed by atoms with van der Waals surface area (Å²) in [6.07, 6.45) is -2.82. The molecule has 1 heterocycles. The summed E-state index contributed by atoms with van der Waals surface area (Å²) >= 11 is 0. The molecule has 2 N–H and O–H groups in total. The van der Waals surface area contributed by atoms with Gasteiger partial charge in [0.2, 0.25) is 0 Å². The van der Waals surface area contributed by atoms with E-state index in [4.69, 9.17) is 5.73 Å². The molecule has 1 aliphatic heterocycles. The summed E-state index contributed by atoms with van der Waals surface area (Å²) in [6.45, 7) is 1.98. The number of hydrogen-bond donors (Lipinski definition) is 1. The molecule has 1 unspecified atom stereocenters. The fraction of sp³-hybridized carbons (Fsp3) is 0.467. The zero-order valence-corrected chi connectivity index (χ0v) is 11.2. The summed E-state index contributed by atoms with van der Waals surface area (Å²) in [4.78, 5) is 2.03. The Hall–Kier alpha value is -1.33. The van der Waals surface area contributed by atoms with Crippen LogP contribution in [0.2, 0.25) is 0 Å². The number of benzene rings is 1. The Kier molecular flexibility index (Phi) is 4.83. The lowest BCUT2D eigenvalue weighted by molar-refractivity contribution is -0.0960. The third-order valence-corrected chi connectivity index (χ3v) is 3.69. The largest absolute Gasteiger partial charge is 0.412 e. The number of rotatable bonds is 4. The topological polar surface area (TPSA) is 29.3 Å². The SMILES string of the molecule is NCC(CN1CC=C(C(F)(F)F)CC1)c1ccccc1. The Labute approximate surface area is 117 Å². The maximum absolute atomic E-state index is 12.6. The molecular formula is C15H19F3N2. The van der Waals surface area contributed by atoms with Crippen molar-refractivity contribution in [3.05, 3.63) is 47.5 Å². The standard InChI is InChI=1S/C15H19F3N2/c16-15(17,18)14-6-8-20(9-7-14)11-13(10-19)12-4-2-1-3-5-12/h1-6,13H,7-11,19H2. The highest BCUT2D eigenvalue weighted by Crippen LogP contribution is 2.30. The van der Waals surface area contributed by atoms with Crippen molar-refractivity contribution in [3.8, 4) is 0 Å². The first-order valence-electron chi connectivity index (χ1n) is 6.74. The molecule has 2 nitrogen and oxygen atoms in total. The zero-order valence-electron chi connectivity index (χ0n) is 11.2. The van der Waals surface area contributed by atoms with Crippen LogP contribution in [0.25, 0.3) is 0 Å². The minimum absolute atomic E-state index is 0.0651. The second-order valence-corrected chi connectivity index (χ2v) is 5.08. The molecule has 0 fully saturated rings. The number of alkyl halides is 3. The molecule has 1 aromatic carbocycles. The van der Waals surface area contributed by atoms with Crippen molar-refractivity contribution in [1.29, 1.82) is 0 Å². The molecule has 0 bridgehead atoms. The van der Waals surface area contributed by atoms with Crippen LogP contribution in [0, 0.1) is 0 Å². The first-order valence-corrected chi connectivity index (χ1v) is 6.74. The van der Waals surface area contributed by atoms with Gasteiger partial charge < -0.3 is 5.73 Å². The molecule has 0 aromatic heterocycles. The van der Waals surface area contributed by atoms with Gasteiger partial charge in [-0.2, -0.15) is 13.2 Å². The van der Waals surface area contributed by atoms with E-state index in [1.807, 2.05) is 35.2 Å². The van der Waals surface area contributed by atoms with Crippen LogP contribution in [0.5, 0.6) is 0 Å². The van der Waals surface area contributed by atoms with Gasteiger partial charge in [-0.15, -0.1) is 0 Å². The number of nitrogens with two attached hydrogens (primary N) is 1. The van der Waals surface area contributed by atoms with Gasteiger partial charge in [-0.05, 0) is 12.0 Å². The van der Waals surface area contributed by atoms with E-state index in [0.29, 0.717) is 26.2 Å². The molecule has 0 amide bonds. The maximum Gasteiger partial charge on any atom is 0.412 e. The molecular weight excluding hydrogens is 265 g/mol. The van der Waals surface area contributed by atoms with Crippen molar-refractivity contribution in [2.45, 2.75) is 18.5 Å². The van der Waals surface area contributed by atoms with Crippen LogP contribution >= 0.6 is 0 Å². The monoisotopic (exact) mass is 284 g/mol. The average molecular weight is 284 g/mol. The van der Waals surface area contributed by atoms with Crippen molar-refractivity contribution in [1.82, 2.24) is 4.90 Å². The van der Waals surface area contributed by atoms with Crippen molar-refractivity contribution in [2.75, 3.05) is 26.2 Å². The quantitative estimate of drug-likeness (QED) is 0.861. The molecule has 1 aliphatic rings. The fourth-order valence-electron chi connectivity index (χ4n) is 2.49. The van der Waals surface area contributed by atoms with E-state index in [-0.39, 0.29) is 12.3 Å². The minimum atomic E-state index is -4.18. The first-order chi connectivity index (χ1) is 9.50. The highest BCUT2D eigenvalue weighted by atomic mass is 19.4. The van der Waals surface area contributed by atoms with E-state index in [2.05, 4.69) is 0 Å². The molecule has 20 heavy (non-hydrogen) atoms. The van der Waals surface area contributed by atoms with Gasteiger partial charge in [-0.3, -0.25) is 4.90 Å². The molecule has 1 aromatic rings. The summed E-state index contributed by atoms with van der Waals surface area (Å²) in [5.41, 5.74) is 6.53. The van der Waals surface area contributed by atoms with E-state index in [1.165, 1.54) is 6.08 Å².